The van der Waals surface area contributed by atoms with Crippen molar-refractivity contribution < 1.29 is 4.79 Å². The van der Waals surface area contributed by atoms with Gasteiger partial charge in [-0.25, -0.2) is 0 Å². The third-order valence-corrected chi connectivity index (χ3v) is 5.62. The molecule has 0 aromatic heterocycles. The van der Waals surface area contributed by atoms with Crippen molar-refractivity contribution >= 4 is 5.78 Å². The van der Waals surface area contributed by atoms with Gasteiger partial charge in [0.2, 0.25) is 0 Å². The Morgan fingerprint density at radius 2 is 1.75 bits per heavy atom. The smallest absolute Gasteiger partial charge is 0.160 e. The van der Waals surface area contributed by atoms with E-state index in [0.717, 1.165) is 23.2 Å². The molecule has 0 unspecified atom stereocenters. The van der Waals surface area contributed by atoms with Gasteiger partial charge in [0.15, 0.2) is 5.78 Å². The molecule has 24 heavy (non-hydrogen) atoms. The van der Waals surface area contributed by atoms with Gasteiger partial charge in [-0.1, -0.05) is 36.4 Å². The maximum Gasteiger partial charge on any atom is 0.160 e. The number of ketones is 1. The first kappa shape index (κ1) is 16.9. The van der Waals surface area contributed by atoms with Crippen molar-refractivity contribution in [3.05, 3.63) is 69.8 Å². The molecule has 2 aromatic carbocycles. The zero-order chi connectivity index (χ0) is 17.3. The lowest BCUT2D eigenvalue weighted by Gasteiger charge is -2.44. The van der Waals surface area contributed by atoms with Crippen LogP contribution in [0.3, 0.4) is 0 Å². The van der Waals surface area contributed by atoms with Crippen LogP contribution in [0.15, 0.2) is 36.4 Å². The fourth-order valence-corrected chi connectivity index (χ4v) is 4.15. The van der Waals surface area contributed by atoms with E-state index >= 15 is 0 Å². The number of aryl methyl sites for hydroxylation is 2. The van der Waals surface area contributed by atoms with Gasteiger partial charge in [-0.2, -0.15) is 0 Å². The van der Waals surface area contributed by atoms with Crippen molar-refractivity contribution in [3.8, 4) is 0 Å². The standard InChI is InChI=1S/C22H27NO/c1-15-13-16(2)21(18(4)24)17(3)20(15)14-23-22(11-8-12-22)19-9-6-5-7-10-19/h5-7,9-10,13,23H,8,11-12,14H2,1-4H3. The van der Waals surface area contributed by atoms with Crippen molar-refractivity contribution in [1.82, 2.24) is 5.32 Å². The van der Waals surface area contributed by atoms with Crippen molar-refractivity contribution in [2.24, 2.45) is 0 Å². The lowest BCUT2D eigenvalue weighted by atomic mass is 9.71. The normalized spacial score (nSPS) is 15.8. The van der Waals surface area contributed by atoms with Crippen LogP contribution in [0.4, 0.5) is 0 Å². The number of carbonyl (C=O) groups is 1. The van der Waals surface area contributed by atoms with E-state index in [9.17, 15) is 4.79 Å². The highest BCUT2D eigenvalue weighted by molar-refractivity contribution is 5.97. The van der Waals surface area contributed by atoms with Crippen molar-refractivity contribution in [1.29, 1.82) is 0 Å². The molecule has 0 radical (unpaired) electrons. The van der Waals surface area contributed by atoms with Gasteiger partial charge in [0.25, 0.3) is 0 Å². The van der Waals surface area contributed by atoms with Gasteiger partial charge < -0.3 is 5.32 Å². The predicted molar refractivity (Wildman–Crippen MR) is 99.5 cm³/mol. The second-order valence-corrected chi connectivity index (χ2v) is 7.20. The Morgan fingerprint density at radius 1 is 1.08 bits per heavy atom. The molecule has 1 N–H and O–H groups in total. The van der Waals surface area contributed by atoms with Gasteiger partial charge in [0.1, 0.15) is 0 Å². The molecule has 0 bridgehead atoms. The molecular formula is C22H27NO. The third-order valence-electron chi connectivity index (χ3n) is 5.62. The molecule has 2 nitrogen and oxygen atoms in total. The SMILES string of the molecule is CC(=O)c1c(C)cc(C)c(CNC2(c3ccccc3)CCC2)c1C. The van der Waals surface area contributed by atoms with Gasteiger partial charge in [-0.05, 0) is 74.8 Å². The maximum absolute atomic E-state index is 12.0. The summed E-state index contributed by atoms with van der Waals surface area (Å²) in [4.78, 5) is 12.0. The summed E-state index contributed by atoms with van der Waals surface area (Å²) in [7, 11) is 0. The fraction of sp³-hybridized carbons (Fsp3) is 0.409. The Kier molecular flexibility index (Phi) is 4.60. The summed E-state index contributed by atoms with van der Waals surface area (Å²) in [6.07, 6.45) is 3.63. The number of hydrogen-bond donors (Lipinski definition) is 1. The quantitative estimate of drug-likeness (QED) is 0.787. The number of Topliss-reactive ketones (excluding diaryl/α,β-unsaturated/α-hetero) is 1. The molecule has 0 atom stereocenters. The molecule has 0 aliphatic heterocycles. The van der Waals surface area contributed by atoms with Crippen LogP contribution in [0.25, 0.3) is 0 Å². The van der Waals surface area contributed by atoms with Crippen LogP contribution in [0, 0.1) is 20.8 Å². The van der Waals surface area contributed by atoms with Crippen LogP contribution in [0.2, 0.25) is 0 Å². The van der Waals surface area contributed by atoms with Gasteiger partial charge in [0.05, 0.1) is 0 Å². The summed E-state index contributed by atoms with van der Waals surface area (Å²) in [5.41, 5.74) is 7.13. The monoisotopic (exact) mass is 321 g/mol. The van der Waals surface area contributed by atoms with Crippen molar-refractivity contribution in [3.63, 3.8) is 0 Å². The first-order chi connectivity index (χ1) is 11.4. The van der Waals surface area contributed by atoms with Gasteiger partial charge >= 0.3 is 0 Å². The van der Waals surface area contributed by atoms with E-state index in [2.05, 4.69) is 55.6 Å². The van der Waals surface area contributed by atoms with E-state index in [1.165, 1.54) is 36.0 Å². The Hall–Kier alpha value is -1.93. The highest BCUT2D eigenvalue weighted by atomic mass is 16.1. The van der Waals surface area contributed by atoms with Gasteiger partial charge in [-0.15, -0.1) is 0 Å². The van der Waals surface area contributed by atoms with E-state index in [1.54, 1.807) is 6.92 Å². The molecular weight excluding hydrogens is 294 g/mol. The van der Waals surface area contributed by atoms with Crippen LogP contribution in [-0.2, 0) is 12.1 Å². The molecule has 1 fully saturated rings. The topological polar surface area (TPSA) is 29.1 Å². The lowest BCUT2D eigenvalue weighted by Crippen LogP contribution is -2.47. The lowest BCUT2D eigenvalue weighted by molar-refractivity contribution is 0.101. The van der Waals surface area contributed by atoms with Crippen molar-refractivity contribution in [2.75, 3.05) is 0 Å². The summed E-state index contributed by atoms with van der Waals surface area (Å²) >= 11 is 0. The molecule has 2 heteroatoms. The Balaban J connectivity index is 1.89. The highest BCUT2D eigenvalue weighted by Crippen LogP contribution is 2.41. The summed E-state index contributed by atoms with van der Waals surface area (Å²) in [5.74, 6) is 0.160. The number of carbonyl (C=O) groups excluding carboxylic acids is 1. The maximum atomic E-state index is 12.0. The largest absolute Gasteiger partial charge is 0.303 e. The number of benzene rings is 2. The molecule has 0 amide bonds. The zero-order valence-electron chi connectivity index (χ0n) is 15.2. The minimum atomic E-state index is 0.0986. The fourth-order valence-electron chi connectivity index (χ4n) is 4.15. The first-order valence-corrected chi connectivity index (χ1v) is 8.86. The van der Waals surface area contributed by atoms with E-state index in [4.69, 9.17) is 0 Å². The van der Waals surface area contributed by atoms with E-state index < -0.39 is 0 Å². The molecule has 0 saturated heterocycles. The Morgan fingerprint density at radius 3 is 2.29 bits per heavy atom. The molecule has 1 aliphatic carbocycles. The van der Waals surface area contributed by atoms with Gasteiger partial charge in [-0.3, -0.25) is 4.79 Å². The molecule has 0 heterocycles. The molecule has 1 saturated carbocycles. The molecule has 3 rings (SSSR count). The van der Waals surface area contributed by atoms with Crippen LogP contribution in [0.5, 0.6) is 0 Å². The minimum Gasteiger partial charge on any atom is -0.303 e. The number of rotatable bonds is 5. The van der Waals surface area contributed by atoms with Crippen LogP contribution in [0.1, 0.15) is 64.4 Å². The molecule has 126 valence electrons. The molecule has 2 aromatic rings. The average molecular weight is 321 g/mol. The third kappa shape index (κ3) is 2.91. The zero-order valence-corrected chi connectivity index (χ0v) is 15.2. The second kappa shape index (κ2) is 6.52. The van der Waals surface area contributed by atoms with E-state index in [1.807, 2.05) is 6.92 Å². The van der Waals surface area contributed by atoms with E-state index in [-0.39, 0.29) is 11.3 Å². The Labute approximate surface area is 145 Å². The van der Waals surface area contributed by atoms with Crippen molar-refractivity contribution in [2.45, 2.75) is 59.0 Å². The van der Waals surface area contributed by atoms with Gasteiger partial charge in [0, 0.05) is 17.6 Å². The minimum absolute atomic E-state index is 0.0986. The summed E-state index contributed by atoms with van der Waals surface area (Å²) in [6.45, 7) is 8.75. The second-order valence-electron chi connectivity index (χ2n) is 7.20. The van der Waals surface area contributed by atoms with Crippen LogP contribution < -0.4 is 5.32 Å². The Bertz CT molecular complexity index is 757. The molecule has 0 spiro atoms. The highest BCUT2D eigenvalue weighted by Gasteiger charge is 2.38. The van der Waals surface area contributed by atoms with Crippen LogP contribution >= 0.6 is 0 Å². The average Bonchev–Trinajstić information content (AvgIpc) is 2.49. The summed E-state index contributed by atoms with van der Waals surface area (Å²) in [5, 5.41) is 3.82. The first-order valence-electron chi connectivity index (χ1n) is 8.86. The summed E-state index contributed by atoms with van der Waals surface area (Å²) < 4.78 is 0. The van der Waals surface area contributed by atoms with E-state index in [0.29, 0.717) is 0 Å². The van der Waals surface area contributed by atoms with Crippen LogP contribution in [-0.4, -0.2) is 5.78 Å². The number of hydrogen-bond acceptors (Lipinski definition) is 2. The number of nitrogens with one attached hydrogen (secondary N) is 1. The predicted octanol–water partition coefficient (Wildman–Crippen LogP) is 4.98. The summed E-state index contributed by atoms with van der Waals surface area (Å²) in [6, 6.07) is 12.9. The molecule has 1 aliphatic rings.